The molecule has 9 N–H and O–H groups in total. The number of carbonyl (C=O) groups excluding carboxylic acids is 4. The summed E-state index contributed by atoms with van der Waals surface area (Å²) in [6.45, 7) is 4.29. The maximum Gasteiger partial charge on any atom is 0.326 e. The van der Waals surface area contributed by atoms with Crippen LogP contribution in [0, 0.1) is 5.92 Å². The normalized spacial score (nSPS) is 15.0. The van der Waals surface area contributed by atoms with Crippen molar-refractivity contribution in [3.05, 3.63) is 0 Å². The van der Waals surface area contributed by atoms with Gasteiger partial charge in [-0.25, -0.2) is 4.79 Å². The van der Waals surface area contributed by atoms with Gasteiger partial charge in [-0.1, -0.05) is 13.8 Å². The Hall–Kier alpha value is -2.73. The first-order valence-corrected chi connectivity index (χ1v) is 9.17. The minimum Gasteiger partial charge on any atom is -0.480 e. The van der Waals surface area contributed by atoms with E-state index < -0.39 is 60.4 Å². The lowest BCUT2D eigenvalue weighted by atomic mass is 10.0. The highest BCUT2D eigenvalue weighted by Gasteiger charge is 2.28. The molecule has 0 aliphatic carbocycles. The largest absolute Gasteiger partial charge is 0.480 e. The van der Waals surface area contributed by atoms with E-state index >= 15 is 0 Å². The first kappa shape index (κ1) is 26.3. The molecular weight excluding hydrogens is 386 g/mol. The molecule has 0 aromatic heterocycles. The molecule has 0 spiro atoms. The number of aliphatic carboxylic acids is 1. The molecule has 166 valence electrons. The van der Waals surface area contributed by atoms with E-state index in [0.717, 1.165) is 0 Å². The molecule has 0 aliphatic rings. The van der Waals surface area contributed by atoms with Crippen LogP contribution >= 0.6 is 0 Å². The number of primary amides is 1. The van der Waals surface area contributed by atoms with Gasteiger partial charge in [0, 0.05) is 6.42 Å². The lowest BCUT2D eigenvalue weighted by molar-refractivity contribution is -0.142. The van der Waals surface area contributed by atoms with Crippen LogP contribution in [0.25, 0.3) is 0 Å². The maximum atomic E-state index is 12.4. The van der Waals surface area contributed by atoms with Crippen LogP contribution in [0.4, 0.5) is 0 Å². The van der Waals surface area contributed by atoms with Crippen molar-refractivity contribution < 1.29 is 34.2 Å². The molecule has 12 heteroatoms. The molecule has 0 aromatic carbocycles. The van der Waals surface area contributed by atoms with Gasteiger partial charge < -0.3 is 37.6 Å². The third-order valence-corrected chi connectivity index (χ3v) is 3.92. The Morgan fingerprint density at radius 1 is 0.897 bits per heavy atom. The fourth-order valence-electron chi connectivity index (χ4n) is 2.29. The van der Waals surface area contributed by atoms with Crippen LogP contribution in [-0.2, 0) is 24.0 Å². The zero-order valence-electron chi connectivity index (χ0n) is 16.8. The van der Waals surface area contributed by atoms with Gasteiger partial charge in [0.25, 0.3) is 0 Å². The van der Waals surface area contributed by atoms with Gasteiger partial charge in [-0.3, -0.25) is 19.2 Å². The summed E-state index contributed by atoms with van der Waals surface area (Å²) < 4.78 is 0. The third kappa shape index (κ3) is 10.4. The van der Waals surface area contributed by atoms with Crippen molar-refractivity contribution in [2.75, 3.05) is 6.61 Å². The molecule has 4 atom stereocenters. The van der Waals surface area contributed by atoms with Crippen molar-refractivity contribution >= 4 is 29.6 Å². The Balaban J connectivity index is 5.05. The highest BCUT2D eigenvalue weighted by atomic mass is 16.4. The fourth-order valence-corrected chi connectivity index (χ4v) is 2.29. The standard InChI is InChI=1S/C17H31N5O7/c1-8(2)6-12(17(28)29)22-14(25)9(3)20-16(27)11(4-5-13(19)24)21-15(26)10(18)7-23/h8-12,23H,4-7,18H2,1-3H3,(H2,19,24)(H,20,27)(H,21,26)(H,22,25)(H,28,29). The third-order valence-electron chi connectivity index (χ3n) is 3.92. The minimum absolute atomic E-state index is 0.0189. The summed E-state index contributed by atoms with van der Waals surface area (Å²) in [6.07, 6.45) is -0.161. The lowest BCUT2D eigenvalue weighted by Gasteiger charge is -2.23. The molecule has 0 heterocycles. The predicted molar refractivity (Wildman–Crippen MR) is 102 cm³/mol. The van der Waals surface area contributed by atoms with Crippen molar-refractivity contribution in [1.82, 2.24) is 16.0 Å². The van der Waals surface area contributed by atoms with Crippen LogP contribution in [0.3, 0.4) is 0 Å². The van der Waals surface area contributed by atoms with Crippen LogP contribution in [0.2, 0.25) is 0 Å². The molecule has 0 aliphatic heterocycles. The molecule has 4 unspecified atom stereocenters. The Bertz CT molecular complexity index is 611. The molecule has 0 radical (unpaired) electrons. The number of nitrogens with two attached hydrogens (primary N) is 2. The second-order valence-corrected chi connectivity index (χ2v) is 7.11. The van der Waals surface area contributed by atoms with Crippen molar-refractivity contribution in [1.29, 1.82) is 0 Å². The van der Waals surface area contributed by atoms with Gasteiger partial charge in [-0.15, -0.1) is 0 Å². The summed E-state index contributed by atoms with van der Waals surface area (Å²) in [6, 6.07) is -4.73. The summed E-state index contributed by atoms with van der Waals surface area (Å²) in [7, 11) is 0. The second-order valence-electron chi connectivity index (χ2n) is 7.11. The van der Waals surface area contributed by atoms with E-state index in [1.165, 1.54) is 6.92 Å². The van der Waals surface area contributed by atoms with Gasteiger partial charge >= 0.3 is 5.97 Å². The van der Waals surface area contributed by atoms with Crippen LogP contribution in [0.15, 0.2) is 0 Å². The van der Waals surface area contributed by atoms with Crippen LogP contribution in [0.1, 0.15) is 40.0 Å². The summed E-state index contributed by atoms with van der Waals surface area (Å²) in [4.78, 5) is 58.8. The van der Waals surface area contributed by atoms with Gasteiger partial charge in [-0.2, -0.15) is 0 Å². The van der Waals surface area contributed by atoms with Gasteiger partial charge in [-0.05, 0) is 25.7 Å². The number of carboxylic acids is 1. The number of rotatable bonds is 13. The number of hydrogen-bond acceptors (Lipinski definition) is 7. The van der Waals surface area contributed by atoms with E-state index in [9.17, 15) is 29.1 Å². The van der Waals surface area contributed by atoms with E-state index in [2.05, 4.69) is 16.0 Å². The van der Waals surface area contributed by atoms with E-state index in [0.29, 0.717) is 0 Å². The maximum absolute atomic E-state index is 12.4. The SMILES string of the molecule is CC(C)CC(NC(=O)C(C)NC(=O)C(CCC(N)=O)NC(=O)C(N)CO)C(=O)O. The smallest absolute Gasteiger partial charge is 0.326 e. The van der Waals surface area contributed by atoms with Crippen LogP contribution in [-0.4, -0.2) is 70.6 Å². The molecule has 29 heavy (non-hydrogen) atoms. The first-order chi connectivity index (χ1) is 13.4. The van der Waals surface area contributed by atoms with Crippen molar-refractivity contribution in [2.24, 2.45) is 17.4 Å². The van der Waals surface area contributed by atoms with E-state index in [1.54, 1.807) is 13.8 Å². The minimum atomic E-state index is -1.27. The van der Waals surface area contributed by atoms with E-state index in [-0.39, 0.29) is 25.2 Å². The number of carbonyl (C=O) groups is 5. The number of amides is 4. The average Bonchev–Trinajstić information content (AvgIpc) is 2.62. The highest BCUT2D eigenvalue weighted by Crippen LogP contribution is 2.05. The Labute approximate surface area is 168 Å². The fraction of sp³-hybridized carbons (Fsp3) is 0.706. The van der Waals surface area contributed by atoms with Gasteiger partial charge in [0.2, 0.25) is 23.6 Å². The number of hydrogen-bond donors (Lipinski definition) is 7. The zero-order valence-corrected chi connectivity index (χ0v) is 16.8. The predicted octanol–water partition coefficient (Wildman–Crippen LogP) is -2.82. The summed E-state index contributed by atoms with van der Waals surface area (Å²) in [5, 5.41) is 25.1. The number of aliphatic hydroxyl groups is 1. The molecular formula is C17H31N5O7. The quantitative estimate of drug-likeness (QED) is 0.165. The van der Waals surface area contributed by atoms with Gasteiger partial charge in [0.15, 0.2) is 0 Å². The number of nitrogens with one attached hydrogen (secondary N) is 3. The summed E-state index contributed by atoms with van der Waals surface area (Å²) in [5.74, 6) is -4.22. The summed E-state index contributed by atoms with van der Waals surface area (Å²) in [5.41, 5.74) is 10.5. The Kier molecular flexibility index (Phi) is 11.5. The molecule has 12 nitrogen and oxygen atoms in total. The van der Waals surface area contributed by atoms with E-state index in [4.69, 9.17) is 16.6 Å². The average molecular weight is 417 g/mol. The van der Waals surface area contributed by atoms with Gasteiger partial charge in [0.05, 0.1) is 6.61 Å². The highest BCUT2D eigenvalue weighted by molar-refractivity contribution is 5.94. The molecule has 0 fully saturated rings. The monoisotopic (exact) mass is 417 g/mol. The topological polar surface area (TPSA) is 214 Å². The lowest BCUT2D eigenvalue weighted by Crippen LogP contribution is -2.56. The van der Waals surface area contributed by atoms with Gasteiger partial charge in [0.1, 0.15) is 24.2 Å². The zero-order chi connectivity index (χ0) is 22.7. The number of carboxylic acid groups (broad SMARTS) is 1. The molecule has 0 bridgehead atoms. The summed E-state index contributed by atoms with van der Waals surface area (Å²) >= 11 is 0. The molecule has 4 amide bonds. The second kappa shape index (κ2) is 12.7. The molecule has 0 rings (SSSR count). The molecule has 0 saturated heterocycles. The van der Waals surface area contributed by atoms with E-state index in [1.807, 2.05) is 0 Å². The van der Waals surface area contributed by atoms with Crippen molar-refractivity contribution in [3.63, 3.8) is 0 Å². The Morgan fingerprint density at radius 2 is 1.45 bits per heavy atom. The first-order valence-electron chi connectivity index (χ1n) is 9.17. The van der Waals surface area contributed by atoms with Crippen LogP contribution in [0.5, 0.6) is 0 Å². The molecule has 0 aromatic rings. The Morgan fingerprint density at radius 3 is 1.90 bits per heavy atom. The van der Waals surface area contributed by atoms with Crippen LogP contribution < -0.4 is 27.4 Å². The molecule has 0 saturated carbocycles. The number of aliphatic hydroxyl groups excluding tert-OH is 1. The van der Waals surface area contributed by atoms with Crippen molar-refractivity contribution in [3.8, 4) is 0 Å². The van der Waals surface area contributed by atoms with Crippen molar-refractivity contribution in [2.45, 2.75) is 64.2 Å².